The Kier molecular flexibility index (Phi) is 5.60. The fraction of sp³-hybridized carbons (Fsp3) is 0.500. The smallest absolute Gasteiger partial charge is 0.161 e. The molecule has 27 heavy (non-hydrogen) atoms. The molecule has 0 unspecified atom stereocenters. The number of nitrogens with zero attached hydrogens (tertiary/aromatic N) is 2. The van der Waals surface area contributed by atoms with Gasteiger partial charge in [-0.05, 0) is 68.1 Å². The predicted octanol–water partition coefficient (Wildman–Crippen LogP) is 3.24. The molecule has 4 rings (SSSR count). The van der Waals surface area contributed by atoms with Gasteiger partial charge in [-0.25, -0.2) is 0 Å². The summed E-state index contributed by atoms with van der Waals surface area (Å²) in [6.45, 7) is 6.21. The Balaban J connectivity index is 1.41. The molecule has 0 radical (unpaired) electrons. The van der Waals surface area contributed by atoms with Crippen molar-refractivity contribution in [3.63, 3.8) is 0 Å². The molecule has 0 saturated carbocycles. The number of hydrogen-bond donors (Lipinski definition) is 1. The van der Waals surface area contributed by atoms with Gasteiger partial charge in [-0.1, -0.05) is 12.1 Å². The Morgan fingerprint density at radius 1 is 1.11 bits per heavy atom. The highest BCUT2D eigenvalue weighted by Crippen LogP contribution is 2.39. The van der Waals surface area contributed by atoms with Crippen molar-refractivity contribution in [3.05, 3.63) is 53.9 Å². The summed E-state index contributed by atoms with van der Waals surface area (Å²) in [6.07, 6.45) is 7.56. The van der Waals surface area contributed by atoms with Crippen LogP contribution < -0.4 is 14.8 Å². The van der Waals surface area contributed by atoms with Gasteiger partial charge in [0.25, 0.3) is 0 Å². The van der Waals surface area contributed by atoms with Crippen molar-refractivity contribution < 1.29 is 9.47 Å². The molecule has 2 aliphatic rings. The van der Waals surface area contributed by atoms with E-state index in [1.165, 1.54) is 51.0 Å². The first-order valence-electron chi connectivity index (χ1n) is 9.88. The van der Waals surface area contributed by atoms with Crippen molar-refractivity contribution in [2.75, 3.05) is 33.3 Å². The zero-order valence-electron chi connectivity index (χ0n) is 16.1. The van der Waals surface area contributed by atoms with Crippen LogP contribution in [-0.4, -0.2) is 43.2 Å². The van der Waals surface area contributed by atoms with Gasteiger partial charge in [0.05, 0.1) is 7.11 Å². The monoisotopic (exact) mass is 367 g/mol. The minimum atomic E-state index is 0.494. The standard InChI is InChI=1S/C22H29N3O2/c1-26-20-5-4-18(13-21(20)27-16-19-3-2-9-24-14-19)15-25-12-8-22(17-25)6-10-23-11-7-22/h2-5,9,13-14,23H,6-8,10-12,15-17H2,1H3. The van der Waals surface area contributed by atoms with Crippen molar-refractivity contribution in [2.45, 2.75) is 32.4 Å². The van der Waals surface area contributed by atoms with Crippen LogP contribution in [0.4, 0.5) is 0 Å². The third-order valence-electron chi connectivity index (χ3n) is 5.93. The maximum absolute atomic E-state index is 6.04. The second-order valence-corrected chi connectivity index (χ2v) is 7.85. The molecule has 5 heteroatoms. The molecule has 0 bridgehead atoms. The van der Waals surface area contributed by atoms with Crippen LogP contribution in [0.15, 0.2) is 42.7 Å². The Morgan fingerprint density at radius 3 is 2.78 bits per heavy atom. The molecule has 1 aromatic carbocycles. The largest absolute Gasteiger partial charge is 0.493 e. The zero-order valence-corrected chi connectivity index (χ0v) is 16.1. The van der Waals surface area contributed by atoms with Gasteiger partial charge >= 0.3 is 0 Å². The van der Waals surface area contributed by atoms with Gasteiger partial charge in [0.1, 0.15) is 6.61 Å². The first-order chi connectivity index (χ1) is 13.3. The van der Waals surface area contributed by atoms with Gasteiger partial charge in [-0.15, -0.1) is 0 Å². The molecule has 1 N–H and O–H groups in total. The van der Waals surface area contributed by atoms with E-state index in [-0.39, 0.29) is 0 Å². The normalized spacial score (nSPS) is 19.3. The van der Waals surface area contributed by atoms with E-state index >= 15 is 0 Å². The average Bonchev–Trinajstić information content (AvgIpc) is 3.09. The summed E-state index contributed by atoms with van der Waals surface area (Å²) in [5, 5.41) is 3.49. The Bertz CT molecular complexity index is 744. The van der Waals surface area contributed by atoms with Crippen molar-refractivity contribution in [3.8, 4) is 11.5 Å². The lowest BCUT2D eigenvalue weighted by molar-refractivity contribution is 0.194. The van der Waals surface area contributed by atoms with E-state index in [2.05, 4.69) is 27.3 Å². The van der Waals surface area contributed by atoms with Crippen LogP contribution >= 0.6 is 0 Å². The van der Waals surface area contributed by atoms with Crippen LogP contribution in [0, 0.1) is 5.41 Å². The van der Waals surface area contributed by atoms with Gasteiger partial charge in [0, 0.05) is 31.0 Å². The molecule has 2 aromatic rings. The quantitative estimate of drug-likeness (QED) is 0.849. The third kappa shape index (κ3) is 4.42. The van der Waals surface area contributed by atoms with Crippen molar-refractivity contribution in [2.24, 2.45) is 5.41 Å². The number of pyridine rings is 1. The second-order valence-electron chi connectivity index (χ2n) is 7.85. The van der Waals surface area contributed by atoms with E-state index in [1.807, 2.05) is 24.4 Å². The highest BCUT2D eigenvalue weighted by molar-refractivity contribution is 5.43. The topological polar surface area (TPSA) is 46.6 Å². The molecule has 2 aliphatic heterocycles. The molecule has 1 aromatic heterocycles. The molecular formula is C22H29N3O2. The summed E-state index contributed by atoms with van der Waals surface area (Å²) in [4.78, 5) is 6.74. The molecule has 0 atom stereocenters. The van der Waals surface area contributed by atoms with E-state index < -0.39 is 0 Å². The van der Waals surface area contributed by atoms with Gasteiger partial charge in [0.2, 0.25) is 0 Å². The molecule has 1 spiro atoms. The Morgan fingerprint density at radius 2 is 2.00 bits per heavy atom. The van der Waals surface area contributed by atoms with E-state index in [0.29, 0.717) is 12.0 Å². The summed E-state index contributed by atoms with van der Waals surface area (Å²) in [5.41, 5.74) is 2.87. The molecule has 144 valence electrons. The van der Waals surface area contributed by atoms with Crippen LogP contribution in [0.3, 0.4) is 0 Å². The fourth-order valence-electron chi connectivity index (χ4n) is 4.36. The number of rotatable bonds is 6. The van der Waals surface area contributed by atoms with E-state index in [4.69, 9.17) is 9.47 Å². The van der Waals surface area contributed by atoms with Crippen molar-refractivity contribution in [1.82, 2.24) is 15.2 Å². The van der Waals surface area contributed by atoms with E-state index in [9.17, 15) is 0 Å². The molecule has 5 nitrogen and oxygen atoms in total. The van der Waals surface area contributed by atoms with Crippen LogP contribution in [0.25, 0.3) is 0 Å². The summed E-state index contributed by atoms with van der Waals surface area (Å²) in [6, 6.07) is 10.2. The highest BCUT2D eigenvalue weighted by Gasteiger charge is 2.38. The average molecular weight is 367 g/mol. The lowest BCUT2D eigenvalue weighted by Gasteiger charge is -2.34. The summed E-state index contributed by atoms with van der Waals surface area (Å²) < 4.78 is 11.5. The summed E-state index contributed by atoms with van der Waals surface area (Å²) in [5.74, 6) is 1.58. The van der Waals surface area contributed by atoms with Crippen LogP contribution in [0.2, 0.25) is 0 Å². The van der Waals surface area contributed by atoms with Crippen LogP contribution in [-0.2, 0) is 13.2 Å². The van der Waals surface area contributed by atoms with Crippen LogP contribution in [0.1, 0.15) is 30.4 Å². The number of methoxy groups -OCH3 is 1. The van der Waals surface area contributed by atoms with Gasteiger partial charge in [-0.2, -0.15) is 0 Å². The molecule has 0 amide bonds. The number of likely N-dealkylation sites (tertiary alicyclic amines) is 1. The third-order valence-corrected chi connectivity index (χ3v) is 5.93. The number of hydrogen-bond acceptors (Lipinski definition) is 5. The maximum atomic E-state index is 6.04. The fourth-order valence-corrected chi connectivity index (χ4v) is 4.36. The predicted molar refractivity (Wildman–Crippen MR) is 106 cm³/mol. The SMILES string of the molecule is COc1ccc(CN2CCC3(CCNCC3)C2)cc1OCc1cccnc1. The lowest BCUT2D eigenvalue weighted by Crippen LogP contribution is -2.38. The number of ether oxygens (including phenoxy) is 2. The first-order valence-corrected chi connectivity index (χ1v) is 9.88. The van der Waals surface area contributed by atoms with Gasteiger partial charge in [0.15, 0.2) is 11.5 Å². The minimum absolute atomic E-state index is 0.494. The van der Waals surface area contributed by atoms with Crippen LogP contribution in [0.5, 0.6) is 11.5 Å². The molecule has 2 fully saturated rings. The lowest BCUT2D eigenvalue weighted by atomic mass is 9.78. The number of nitrogens with one attached hydrogen (secondary N) is 1. The summed E-state index contributed by atoms with van der Waals surface area (Å²) >= 11 is 0. The highest BCUT2D eigenvalue weighted by atomic mass is 16.5. The van der Waals surface area contributed by atoms with Crippen molar-refractivity contribution in [1.29, 1.82) is 0 Å². The number of aromatic nitrogens is 1. The van der Waals surface area contributed by atoms with E-state index in [0.717, 1.165) is 23.6 Å². The second kappa shape index (κ2) is 8.28. The zero-order chi connectivity index (χ0) is 18.5. The molecule has 3 heterocycles. The van der Waals surface area contributed by atoms with Gasteiger partial charge < -0.3 is 14.8 Å². The van der Waals surface area contributed by atoms with Gasteiger partial charge in [-0.3, -0.25) is 9.88 Å². The Hall–Kier alpha value is -2.11. The number of benzene rings is 1. The number of piperidine rings is 1. The first kappa shape index (κ1) is 18.3. The molecule has 2 saturated heterocycles. The Labute approximate surface area is 161 Å². The summed E-state index contributed by atoms with van der Waals surface area (Å²) in [7, 11) is 1.69. The molecule has 0 aliphatic carbocycles. The maximum Gasteiger partial charge on any atom is 0.161 e. The molecular weight excluding hydrogens is 338 g/mol. The van der Waals surface area contributed by atoms with Crippen molar-refractivity contribution >= 4 is 0 Å². The van der Waals surface area contributed by atoms with E-state index in [1.54, 1.807) is 13.3 Å². The minimum Gasteiger partial charge on any atom is -0.493 e.